The molecule has 58 heavy (non-hydrogen) atoms. The minimum absolute atomic E-state index is 0. The van der Waals surface area contributed by atoms with Crippen molar-refractivity contribution in [2.24, 2.45) is 0 Å². The van der Waals surface area contributed by atoms with Crippen LogP contribution in [0.5, 0.6) is 0 Å². The Morgan fingerprint density at radius 2 is 0.672 bits per heavy atom. The summed E-state index contributed by atoms with van der Waals surface area (Å²) in [6.07, 6.45) is 3.40. The third kappa shape index (κ3) is 50.7. The Kier molecular flexibility index (Phi) is 104. The molecule has 24 N–H and O–H groups in total. The van der Waals surface area contributed by atoms with Gasteiger partial charge in [0.25, 0.3) is 0 Å². The average Bonchev–Trinajstić information content (AvgIpc) is 3.07. The van der Waals surface area contributed by atoms with Crippen LogP contribution in [0.4, 0.5) is 0 Å². The first kappa shape index (κ1) is 97.6. The summed E-state index contributed by atoms with van der Waals surface area (Å²) in [5.41, 5.74) is 2.43. The van der Waals surface area contributed by atoms with Crippen molar-refractivity contribution < 1.29 is 145 Å². The molecule has 0 unspecified atom stereocenters. The van der Waals surface area contributed by atoms with Crippen LogP contribution in [0.1, 0.15) is 24.0 Å². The van der Waals surface area contributed by atoms with Crippen LogP contribution in [0.3, 0.4) is 0 Å². The summed E-state index contributed by atoms with van der Waals surface area (Å²) >= 11 is 0. The summed E-state index contributed by atoms with van der Waals surface area (Å²) in [6, 6.07) is 9.50. The van der Waals surface area contributed by atoms with Gasteiger partial charge in [0.1, 0.15) is 0 Å². The molecule has 0 aliphatic carbocycles. The van der Waals surface area contributed by atoms with Crippen LogP contribution >= 0.6 is 0 Å². The van der Waals surface area contributed by atoms with E-state index < -0.39 is 48.8 Å². The van der Waals surface area contributed by atoms with Crippen LogP contribution in [-0.2, 0) is 117 Å². The molecule has 0 spiro atoms. The monoisotopic (exact) mass is 1240 g/mol. The van der Waals surface area contributed by atoms with E-state index in [1.54, 1.807) is 67.4 Å². The summed E-state index contributed by atoms with van der Waals surface area (Å²) in [5, 5.41) is 65.6. The average molecular weight is 1240 g/mol. The number of aromatic nitrogens is 2. The van der Waals surface area contributed by atoms with Gasteiger partial charge in [-0.25, -0.2) is 0 Å². The third-order valence-electron chi connectivity index (χ3n) is 6.19. The number of aliphatic hydroxyl groups is 8. The van der Waals surface area contributed by atoms with Gasteiger partial charge >= 0.3 is 95.5 Å². The van der Waals surface area contributed by atoms with Gasteiger partial charge in [0.15, 0.2) is 12.6 Å². The number of pyridine rings is 2. The molecule has 2 aromatic heterocycles. The Morgan fingerprint density at radius 3 is 0.828 bits per heavy atom. The van der Waals surface area contributed by atoms with E-state index in [1.165, 1.54) is 11.1 Å². The minimum Gasteiger partial charge on any atom is -0.693 e. The Morgan fingerprint density at radius 1 is 0.448 bits per heavy atom. The van der Waals surface area contributed by atoms with Gasteiger partial charge in [-0.15, -0.1) is 0 Å². The maximum Gasteiger partial charge on any atom is 2.00 e. The van der Waals surface area contributed by atoms with Crippen LogP contribution in [0, 0.1) is 0 Å². The van der Waals surface area contributed by atoms with Gasteiger partial charge in [-0.2, -0.15) is 0 Å². The van der Waals surface area contributed by atoms with Crippen LogP contribution in [0.2, 0.25) is 12.1 Å². The van der Waals surface area contributed by atoms with Crippen molar-refractivity contribution in [1.82, 2.24) is 9.97 Å². The van der Waals surface area contributed by atoms with Crippen molar-refractivity contribution >= 4 is 17.6 Å². The second-order valence-electron chi connectivity index (χ2n) is 9.41. The normalized spacial score (nSPS) is 10.1. The van der Waals surface area contributed by atoms with E-state index in [0.29, 0.717) is 0 Å². The molecule has 24 nitrogen and oxygen atoms in total. The minimum atomic E-state index is -2.42. The van der Waals surface area contributed by atoms with Crippen molar-refractivity contribution in [2.75, 3.05) is 55.9 Å². The number of hydrogen-bond acceptors (Lipinski definition) is 16. The number of nitrogens with two attached hydrogens (primary N) is 8. The van der Waals surface area contributed by atoms with E-state index in [4.69, 9.17) is 67.4 Å². The maximum atomic E-state index is 8.64. The summed E-state index contributed by atoms with van der Waals surface area (Å²) in [6.45, 7) is -0.756. The molecule has 2 heterocycles. The number of aliphatic hydroxyl groups excluding tert-OH is 6. The van der Waals surface area contributed by atoms with Crippen LogP contribution in [-0.4, -0.2) is 149 Å². The van der Waals surface area contributed by atoms with E-state index in [2.05, 4.69) is 9.97 Å². The van der Waals surface area contributed by atoms with Gasteiger partial charge in [-0.3, -0.25) is 9.97 Å². The molecule has 0 saturated carbocycles. The molecule has 360 valence electrons. The van der Waals surface area contributed by atoms with Crippen molar-refractivity contribution in [3.63, 3.8) is 0 Å². The Labute approximate surface area is 398 Å². The quantitative estimate of drug-likeness (QED) is 0.0733. The van der Waals surface area contributed by atoms with Gasteiger partial charge in [0.05, 0.1) is 25.4 Å². The summed E-state index contributed by atoms with van der Waals surface area (Å²) in [7, 11) is 4.94. The zero-order chi connectivity index (χ0) is 35.4. The van der Waals surface area contributed by atoms with Gasteiger partial charge in [-0.1, -0.05) is 0 Å². The zero-order valence-corrected chi connectivity index (χ0v) is 42.0. The first-order valence-electron chi connectivity index (χ1n) is 14.2. The molecule has 2 aromatic rings. The molecule has 0 bridgehead atoms. The molecule has 0 saturated heterocycles. The first-order valence-corrected chi connectivity index (χ1v) is 18.1. The molecule has 0 fully saturated rings. The van der Waals surface area contributed by atoms with Crippen molar-refractivity contribution in [3.05, 3.63) is 109 Å². The van der Waals surface area contributed by atoms with E-state index in [9.17, 15) is 0 Å². The standard InChI is InChI=1S/2C10H17NO3Si.C5H12O4.C3H8O4.8H2N.4Rh/c2*1-12-15(13-2,14-3)9-6-10-4-7-11-8-5-10;6-2-4(8)1-5(9)3-7;4-2(5)1-3(6)7;;;;;;;;;;;;/h2*4-5,7-8H,6,9H2,1-3H3;4-9H,1-3H2;2-7H,1H2;8*1H2;;;;/q;;;;8*-1;4*+2/t;;4-,5+;;;;;;;;;;;;;. The molecule has 2 rings (SSSR count). The second kappa shape index (κ2) is 61.6. The fourth-order valence-corrected chi connectivity index (χ4v) is 6.87. The van der Waals surface area contributed by atoms with Crippen LogP contribution in [0.15, 0.2) is 49.1 Å². The van der Waals surface area contributed by atoms with E-state index in [1.807, 2.05) is 24.3 Å². The largest absolute Gasteiger partial charge is 2.00 e. The van der Waals surface area contributed by atoms with Gasteiger partial charge in [0.2, 0.25) is 0 Å². The van der Waals surface area contributed by atoms with Crippen molar-refractivity contribution in [3.8, 4) is 0 Å². The molecule has 30 heteroatoms. The van der Waals surface area contributed by atoms with Crippen LogP contribution < -0.4 is 0 Å². The Hall–Kier alpha value is 0.347. The fraction of sp³-hybridized carbons (Fsp3) is 0.643. The molecule has 0 aliphatic rings. The maximum absolute atomic E-state index is 8.64. The first-order chi connectivity index (χ1) is 21.8. The van der Waals surface area contributed by atoms with Crippen LogP contribution in [0.25, 0.3) is 49.2 Å². The number of rotatable bonds is 18. The van der Waals surface area contributed by atoms with Gasteiger partial charge in [-0.05, 0) is 48.2 Å². The molecule has 4 radical (unpaired) electrons. The van der Waals surface area contributed by atoms with E-state index >= 15 is 0 Å². The Bertz CT molecular complexity index is 887. The molecule has 2 atom stereocenters. The molecule has 0 aromatic carbocycles. The zero-order valence-electron chi connectivity index (χ0n) is 33.5. The predicted molar refractivity (Wildman–Crippen MR) is 213 cm³/mol. The molecular weight excluding hydrogens is 1170 g/mol. The number of hydrogen-bond donors (Lipinski definition) is 8. The second-order valence-corrected chi connectivity index (χ2v) is 15.6. The van der Waals surface area contributed by atoms with Gasteiger partial charge < -0.3 is 117 Å². The molecule has 0 aliphatic heterocycles. The number of aryl methyl sites for hydroxylation is 2. The molecular formula is C28H70N10O14Rh4Si2. The summed E-state index contributed by atoms with van der Waals surface area (Å²) in [5.74, 6) is 0. The van der Waals surface area contributed by atoms with Crippen molar-refractivity contribution in [2.45, 2.75) is 62.6 Å². The van der Waals surface area contributed by atoms with E-state index in [0.717, 1.165) is 24.9 Å². The predicted octanol–water partition coefficient (Wildman–Crippen LogP) is 4.81. The third-order valence-corrected chi connectivity index (χ3v) is 11.6. The number of nitrogens with zero attached hydrogens (tertiary/aromatic N) is 2. The smallest absolute Gasteiger partial charge is 0.693 e. The summed E-state index contributed by atoms with van der Waals surface area (Å²) in [4.78, 5) is 7.94. The SMILES string of the molecule is CO[Si](CCc1ccncc1)(OC)OC.CO[Si](CCc1ccncc1)(OC)OC.OC(O)CC(O)O.OC[C@@H](O)C[C@@H](O)CO.[NH2-].[NH2-].[NH2-].[NH2-].[NH2-].[NH2-].[NH2-].[NH2-].[Rh+2].[Rh+2].[Rh+2].[Rh+2]. The fourth-order valence-electron chi connectivity index (χ4n) is 3.46. The van der Waals surface area contributed by atoms with Gasteiger partial charge in [0, 0.05) is 92.4 Å². The van der Waals surface area contributed by atoms with E-state index in [-0.39, 0.29) is 147 Å². The van der Waals surface area contributed by atoms with Crippen molar-refractivity contribution in [1.29, 1.82) is 0 Å². The topological polar surface area (TPSA) is 511 Å². The molecule has 0 amide bonds. The Balaban J connectivity index is -0.0000000359. The summed E-state index contributed by atoms with van der Waals surface area (Å²) < 4.78 is 32.0.